The van der Waals surface area contributed by atoms with Crippen LogP contribution in [0.1, 0.15) is 54.1 Å². The fourth-order valence-electron chi connectivity index (χ4n) is 4.52. The fraction of sp³-hybridized carbons (Fsp3) is 0.556. The van der Waals surface area contributed by atoms with Gasteiger partial charge in [-0.2, -0.15) is 0 Å². The van der Waals surface area contributed by atoms with Gasteiger partial charge in [-0.1, -0.05) is 11.8 Å². The van der Waals surface area contributed by atoms with E-state index >= 15 is 0 Å². The first kappa shape index (κ1) is 27.2. The van der Waals surface area contributed by atoms with Crippen LogP contribution in [0.5, 0.6) is 0 Å². The van der Waals surface area contributed by atoms with Crippen molar-refractivity contribution in [2.24, 2.45) is 5.92 Å². The molecule has 2 saturated heterocycles. The van der Waals surface area contributed by atoms with Crippen molar-refractivity contribution >= 4 is 21.7 Å². The Bertz CT molecular complexity index is 1280. The minimum absolute atomic E-state index is 0.0785. The van der Waals surface area contributed by atoms with Crippen molar-refractivity contribution in [3.05, 3.63) is 34.9 Å². The molecule has 0 radical (unpaired) electrons. The van der Waals surface area contributed by atoms with Gasteiger partial charge in [0.1, 0.15) is 0 Å². The number of nitrogens with one attached hydrogen (secondary N) is 1. The summed E-state index contributed by atoms with van der Waals surface area (Å²) in [5.41, 5.74) is 4.40. The molecule has 0 saturated carbocycles. The first-order chi connectivity index (χ1) is 17.6. The van der Waals surface area contributed by atoms with Crippen molar-refractivity contribution in [3.8, 4) is 23.7 Å². The summed E-state index contributed by atoms with van der Waals surface area (Å²) in [7, 11) is -1.77. The molecule has 1 unspecified atom stereocenters. The highest BCUT2D eigenvalue weighted by molar-refractivity contribution is 7.92. The minimum atomic E-state index is -3.82. The van der Waals surface area contributed by atoms with Crippen molar-refractivity contribution < 1.29 is 27.6 Å². The third kappa shape index (κ3) is 6.34. The number of nitrogens with zero attached hydrogens (tertiary/aromatic N) is 2. The maximum atomic E-state index is 13.0. The smallest absolute Gasteiger partial charge is 0.264 e. The molecule has 3 aliphatic heterocycles. The van der Waals surface area contributed by atoms with Crippen LogP contribution in [-0.4, -0.2) is 80.6 Å². The predicted octanol–water partition coefficient (Wildman–Crippen LogP) is 1.33. The highest BCUT2D eigenvalue weighted by atomic mass is 32.2. The number of hydroxylamine groups is 1. The van der Waals surface area contributed by atoms with Gasteiger partial charge in [-0.25, -0.2) is 18.7 Å². The SMILES string of the molecule is CN1CC(C#CC#Cc2ccc3c(c2)CN(CC[C@](C)(C(=O)NOC2CCCCO2)S(C)(=O)=O)C3=O)C1. The van der Waals surface area contributed by atoms with Crippen molar-refractivity contribution in [3.63, 3.8) is 0 Å². The average molecular weight is 528 g/mol. The third-order valence-corrected chi connectivity index (χ3v) is 9.20. The van der Waals surface area contributed by atoms with E-state index in [0.717, 1.165) is 43.3 Å². The van der Waals surface area contributed by atoms with Crippen LogP contribution in [0.15, 0.2) is 18.2 Å². The van der Waals surface area contributed by atoms with Crippen molar-refractivity contribution in [1.29, 1.82) is 0 Å². The zero-order valence-electron chi connectivity index (χ0n) is 21.5. The second-order valence-corrected chi connectivity index (χ2v) is 12.6. The second kappa shape index (κ2) is 11.2. The monoisotopic (exact) mass is 527 g/mol. The molecule has 0 aliphatic carbocycles. The van der Waals surface area contributed by atoms with Gasteiger partial charge in [0.05, 0.1) is 0 Å². The molecule has 2 fully saturated rings. The molecule has 3 aliphatic rings. The number of carbonyl (C=O) groups is 2. The van der Waals surface area contributed by atoms with E-state index in [1.54, 1.807) is 17.0 Å². The van der Waals surface area contributed by atoms with Gasteiger partial charge in [-0.3, -0.25) is 9.59 Å². The normalized spacial score (nSPS) is 21.5. The van der Waals surface area contributed by atoms with Gasteiger partial charge in [-0.05, 0) is 68.8 Å². The van der Waals surface area contributed by atoms with Gasteiger partial charge >= 0.3 is 0 Å². The molecule has 198 valence electrons. The van der Waals surface area contributed by atoms with E-state index in [4.69, 9.17) is 9.57 Å². The van der Waals surface area contributed by atoms with Crippen molar-refractivity contribution in [1.82, 2.24) is 15.3 Å². The Hall–Kier alpha value is -2.89. The summed E-state index contributed by atoms with van der Waals surface area (Å²) in [5, 5.41) is 0. The van der Waals surface area contributed by atoms with Gasteiger partial charge in [0.15, 0.2) is 20.9 Å². The van der Waals surface area contributed by atoms with E-state index in [1.165, 1.54) is 6.92 Å². The number of benzene rings is 1. The van der Waals surface area contributed by atoms with Crippen LogP contribution in [0.2, 0.25) is 0 Å². The lowest BCUT2D eigenvalue weighted by Gasteiger charge is -2.32. The van der Waals surface area contributed by atoms with Crippen LogP contribution < -0.4 is 5.48 Å². The molecule has 2 atom stereocenters. The Morgan fingerprint density at radius 1 is 1.27 bits per heavy atom. The summed E-state index contributed by atoms with van der Waals surface area (Å²) in [6, 6.07) is 5.38. The molecule has 0 spiro atoms. The maximum Gasteiger partial charge on any atom is 0.264 e. The summed E-state index contributed by atoms with van der Waals surface area (Å²) in [5.74, 6) is 11.3. The van der Waals surface area contributed by atoms with Gasteiger partial charge in [0, 0.05) is 62.5 Å². The molecule has 3 heterocycles. The summed E-state index contributed by atoms with van der Waals surface area (Å²) in [6.07, 6.45) is 2.78. The number of carbonyl (C=O) groups excluding carboxylic acids is 2. The largest absolute Gasteiger partial charge is 0.350 e. The number of sulfone groups is 1. The summed E-state index contributed by atoms with van der Waals surface area (Å²) in [6.45, 7) is 4.22. The van der Waals surface area contributed by atoms with Crippen molar-refractivity contribution in [2.75, 3.05) is 39.5 Å². The summed E-state index contributed by atoms with van der Waals surface area (Å²) in [4.78, 5) is 34.9. The molecule has 1 N–H and O–H groups in total. The van der Waals surface area contributed by atoms with Gasteiger partial charge < -0.3 is 14.5 Å². The number of hydrogen-bond acceptors (Lipinski definition) is 7. The number of rotatable bonds is 7. The molecule has 2 amide bonds. The first-order valence-corrected chi connectivity index (χ1v) is 14.4. The first-order valence-electron chi connectivity index (χ1n) is 12.5. The molecular formula is C27H33N3O6S. The quantitative estimate of drug-likeness (QED) is 0.421. The molecule has 1 aromatic carbocycles. The van der Waals surface area contributed by atoms with Crippen molar-refractivity contribution in [2.45, 2.75) is 50.2 Å². The number of ether oxygens (including phenoxy) is 1. The number of amides is 2. The van der Waals surface area contributed by atoms with E-state index in [-0.39, 0.29) is 18.9 Å². The lowest BCUT2D eigenvalue weighted by molar-refractivity contribution is -0.201. The highest BCUT2D eigenvalue weighted by Gasteiger charge is 2.45. The second-order valence-electron chi connectivity index (χ2n) is 10.1. The highest BCUT2D eigenvalue weighted by Crippen LogP contribution is 2.28. The van der Waals surface area contributed by atoms with Gasteiger partial charge in [0.25, 0.3) is 11.8 Å². The maximum absolute atomic E-state index is 13.0. The van der Waals surface area contributed by atoms with E-state index in [0.29, 0.717) is 31.1 Å². The number of hydrogen-bond donors (Lipinski definition) is 1. The minimum Gasteiger partial charge on any atom is -0.350 e. The molecule has 1 aromatic rings. The van der Waals surface area contributed by atoms with Crippen LogP contribution in [0.4, 0.5) is 0 Å². The Morgan fingerprint density at radius 3 is 2.73 bits per heavy atom. The molecule has 0 bridgehead atoms. The van der Waals surface area contributed by atoms with Gasteiger partial charge in [-0.15, -0.1) is 0 Å². The molecule has 4 rings (SSSR count). The van der Waals surface area contributed by atoms with Crippen LogP contribution in [-0.2, 0) is 30.8 Å². The standard InChI is InChI=1S/C27H33N3O6S/c1-27(37(3,33)34,26(32)28-36-24-10-6-7-15-35-24)13-14-30-19-22-16-20(11-12-23(22)25(30)31)8-4-5-9-21-17-29(2)18-21/h11-12,16,21,24H,6-7,10,13-15,17-19H2,1-3H3,(H,28,32)/t24?,27-/m1/s1. The topological polar surface area (TPSA) is 105 Å². The molecule has 10 heteroatoms. The fourth-order valence-corrected chi connectivity index (χ4v) is 5.36. The number of fused-ring (bicyclic) bond motifs is 1. The lowest BCUT2D eigenvalue weighted by Crippen LogP contribution is -2.52. The molecule has 9 nitrogen and oxygen atoms in total. The zero-order valence-corrected chi connectivity index (χ0v) is 22.3. The van der Waals surface area contributed by atoms with Crippen LogP contribution in [0, 0.1) is 29.6 Å². The van der Waals surface area contributed by atoms with E-state index in [1.807, 2.05) is 6.07 Å². The van der Waals surface area contributed by atoms with E-state index in [9.17, 15) is 18.0 Å². The predicted molar refractivity (Wildman–Crippen MR) is 138 cm³/mol. The molecule has 37 heavy (non-hydrogen) atoms. The Balaban J connectivity index is 1.37. The molecule has 0 aromatic heterocycles. The van der Waals surface area contributed by atoms with Crippen LogP contribution in [0.25, 0.3) is 0 Å². The van der Waals surface area contributed by atoms with Crippen LogP contribution >= 0.6 is 0 Å². The Labute approximate surface area is 218 Å². The average Bonchev–Trinajstić information content (AvgIpc) is 3.16. The molecular weight excluding hydrogens is 494 g/mol. The van der Waals surface area contributed by atoms with E-state index in [2.05, 4.69) is 41.1 Å². The Morgan fingerprint density at radius 2 is 2.05 bits per heavy atom. The van der Waals surface area contributed by atoms with Gasteiger partial charge in [0.2, 0.25) is 0 Å². The summed E-state index contributed by atoms with van der Waals surface area (Å²) < 4.78 is 28.9. The third-order valence-electron chi connectivity index (χ3n) is 7.17. The lowest BCUT2D eigenvalue weighted by atomic mass is 10.0. The van der Waals surface area contributed by atoms with Crippen LogP contribution in [0.3, 0.4) is 0 Å². The zero-order chi connectivity index (χ0) is 26.6. The Kier molecular flexibility index (Phi) is 8.25. The summed E-state index contributed by atoms with van der Waals surface area (Å²) >= 11 is 0. The van der Waals surface area contributed by atoms with E-state index < -0.39 is 26.8 Å². The number of likely N-dealkylation sites (tertiary alicyclic amines) is 1.